The predicted molar refractivity (Wildman–Crippen MR) is 253 cm³/mol. The van der Waals surface area contributed by atoms with Gasteiger partial charge in [-0.05, 0) is 52.1 Å². The lowest BCUT2D eigenvalue weighted by Gasteiger charge is -2.14. The molecule has 0 radical (unpaired) electrons. The molecule has 274 valence electrons. The molecule has 0 bridgehead atoms. The lowest BCUT2D eigenvalue weighted by Crippen LogP contribution is -2.04. The number of fused-ring (bicyclic) bond motifs is 14. The molecule has 0 aliphatic heterocycles. The molecule has 59 heavy (non-hydrogen) atoms. The molecule has 0 saturated carbocycles. The standard InChI is InChI=1S/C54H31N3S2/c1-3-16-33(17-4-1)44-31-45(34-18-5-2-6-19-34)56-54(55-44)57-51-35-20-8-7-15-32(35)27-28-38(51)42-29-43(53-50(52(42)57)40-24-12-14-26-47(40)59-53)41-30-48-49(37-22-10-9-21-36(37)41)39-23-11-13-25-46(39)58-48/h1-31H. The molecular weight excluding hydrogens is 755 g/mol. The van der Waals surface area contributed by atoms with Gasteiger partial charge in [0.15, 0.2) is 0 Å². The highest BCUT2D eigenvalue weighted by atomic mass is 32.1. The molecule has 0 amide bonds. The summed E-state index contributed by atoms with van der Waals surface area (Å²) < 4.78 is 7.52. The third-order valence-corrected chi connectivity index (χ3v) is 14.3. The van der Waals surface area contributed by atoms with E-state index in [9.17, 15) is 0 Å². The van der Waals surface area contributed by atoms with E-state index in [1.807, 2.05) is 22.7 Å². The molecule has 3 nitrogen and oxygen atoms in total. The molecule has 5 heteroatoms. The number of nitrogens with zero attached hydrogens (tertiary/aromatic N) is 3. The van der Waals surface area contributed by atoms with E-state index in [1.54, 1.807) is 0 Å². The Morgan fingerprint density at radius 1 is 0.356 bits per heavy atom. The molecule has 0 saturated heterocycles. The van der Waals surface area contributed by atoms with Crippen LogP contribution in [0.5, 0.6) is 0 Å². The first kappa shape index (κ1) is 32.9. The number of aromatic nitrogens is 3. The minimum Gasteiger partial charge on any atom is -0.277 e. The van der Waals surface area contributed by atoms with E-state index >= 15 is 0 Å². The van der Waals surface area contributed by atoms with Gasteiger partial charge in [-0.15, -0.1) is 22.7 Å². The molecule has 0 atom stereocenters. The average molecular weight is 786 g/mol. The topological polar surface area (TPSA) is 30.7 Å². The first-order chi connectivity index (χ1) is 29.3. The van der Waals surface area contributed by atoms with Crippen molar-refractivity contribution in [3.05, 3.63) is 188 Å². The molecule has 9 aromatic carbocycles. The summed E-state index contributed by atoms with van der Waals surface area (Å²) in [5, 5.41) is 12.4. The predicted octanol–water partition coefficient (Wildman–Crippen LogP) is 15.6. The van der Waals surface area contributed by atoms with Crippen molar-refractivity contribution in [1.82, 2.24) is 14.5 Å². The second-order valence-electron chi connectivity index (χ2n) is 15.3. The molecule has 4 aromatic heterocycles. The molecule has 0 spiro atoms. The van der Waals surface area contributed by atoms with Gasteiger partial charge in [0.1, 0.15) is 0 Å². The van der Waals surface area contributed by atoms with Gasteiger partial charge in [0.05, 0.1) is 22.4 Å². The normalized spacial score (nSPS) is 12.1. The molecule has 0 fully saturated rings. The number of hydrogen-bond acceptors (Lipinski definition) is 4. The largest absolute Gasteiger partial charge is 0.277 e. The maximum Gasteiger partial charge on any atom is 0.235 e. The fourth-order valence-electron chi connectivity index (χ4n) is 9.41. The van der Waals surface area contributed by atoms with Crippen LogP contribution in [0.4, 0.5) is 0 Å². The number of hydrogen-bond donors (Lipinski definition) is 0. The number of thiophene rings is 2. The second-order valence-corrected chi connectivity index (χ2v) is 17.4. The van der Waals surface area contributed by atoms with Crippen LogP contribution in [0.2, 0.25) is 0 Å². The molecule has 0 aliphatic carbocycles. The summed E-state index contributed by atoms with van der Waals surface area (Å²) in [7, 11) is 0. The van der Waals surface area contributed by atoms with Gasteiger partial charge < -0.3 is 0 Å². The van der Waals surface area contributed by atoms with Crippen LogP contribution >= 0.6 is 22.7 Å². The Hall–Kier alpha value is -7.18. The lowest BCUT2D eigenvalue weighted by molar-refractivity contribution is 1.00. The summed E-state index contributed by atoms with van der Waals surface area (Å²) in [6.07, 6.45) is 0. The van der Waals surface area contributed by atoms with Crippen molar-refractivity contribution in [3.63, 3.8) is 0 Å². The minimum atomic E-state index is 0.656. The minimum absolute atomic E-state index is 0.656. The van der Waals surface area contributed by atoms with Crippen molar-refractivity contribution in [2.75, 3.05) is 0 Å². The molecule has 0 unspecified atom stereocenters. The van der Waals surface area contributed by atoms with Gasteiger partial charge in [-0.25, -0.2) is 9.97 Å². The van der Waals surface area contributed by atoms with Crippen LogP contribution in [0.15, 0.2) is 188 Å². The number of rotatable bonds is 4. The Labute approximate surface area is 346 Å². The van der Waals surface area contributed by atoms with Gasteiger partial charge in [0, 0.05) is 73.2 Å². The first-order valence-electron chi connectivity index (χ1n) is 19.9. The van der Waals surface area contributed by atoms with Crippen LogP contribution in [0.25, 0.3) is 123 Å². The van der Waals surface area contributed by atoms with Crippen molar-refractivity contribution in [2.24, 2.45) is 0 Å². The number of benzene rings is 9. The molecule has 4 heterocycles. The van der Waals surface area contributed by atoms with Crippen molar-refractivity contribution in [2.45, 2.75) is 0 Å². The van der Waals surface area contributed by atoms with Crippen molar-refractivity contribution >= 4 is 106 Å². The quantitative estimate of drug-likeness (QED) is 0.178. The zero-order valence-electron chi connectivity index (χ0n) is 31.6. The Bertz CT molecular complexity index is 3780. The molecule has 13 rings (SSSR count). The lowest BCUT2D eigenvalue weighted by atomic mass is 9.93. The SMILES string of the molecule is c1ccc(-c2cc(-c3ccccc3)nc(-n3c4c5ccccc5ccc4c4cc(-c5cc6sc7ccccc7c6c6ccccc56)c5sc6ccccc6c5c43)n2)cc1. The van der Waals surface area contributed by atoms with E-state index in [4.69, 9.17) is 9.97 Å². The Morgan fingerprint density at radius 3 is 1.64 bits per heavy atom. The fraction of sp³-hybridized carbons (Fsp3) is 0. The maximum absolute atomic E-state index is 5.48. The maximum atomic E-state index is 5.48. The zero-order valence-corrected chi connectivity index (χ0v) is 33.2. The fourth-order valence-corrected chi connectivity index (χ4v) is 11.8. The summed E-state index contributed by atoms with van der Waals surface area (Å²) in [6.45, 7) is 0. The van der Waals surface area contributed by atoms with Crippen LogP contribution in [0, 0.1) is 0 Å². The Morgan fingerprint density at radius 2 is 0.932 bits per heavy atom. The highest BCUT2D eigenvalue weighted by Crippen LogP contribution is 2.51. The van der Waals surface area contributed by atoms with E-state index in [-0.39, 0.29) is 0 Å². The molecule has 0 N–H and O–H groups in total. The van der Waals surface area contributed by atoms with Gasteiger partial charge in [0.25, 0.3) is 0 Å². The summed E-state index contributed by atoms with van der Waals surface area (Å²) in [6, 6.07) is 68.1. The van der Waals surface area contributed by atoms with Gasteiger partial charge in [0.2, 0.25) is 5.95 Å². The van der Waals surface area contributed by atoms with E-state index < -0.39 is 0 Å². The smallest absolute Gasteiger partial charge is 0.235 e. The highest BCUT2D eigenvalue weighted by Gasteiger charge is 2.26. The van der Waals surface area contributed by atoms with Crippen molar-refractivity contribution in [3.8, 4) is 39.6 Å². The summed E-state index contributed by atoms with van der Waals surface area (Å²) in [5.74, 6) is 0.656. The molecular formula is C54H31N3S2. The third kappa shape index (κ3) is 4.86. The van der Waals surface area contributed by atoms with E-state index in [2.05, 4.69) is 193 Å². The van der Waals surface area contributed by atoms with Gasteiger partial charge in [-0.2, -0.15) is 0 Å². The van der Waals surface area contributed by atoms with Gasteiger partial charge in [-0.3, -0.25) is 4.57 Å². The average Bonchev–Trinajstić information content (AvgIpc) is 3.99. The van der Waals surface area contributed by atoms with Crippen LogP contribution in [-0.2, 0) is 0 Å². The second kappa shape index (κ2) is 12.7. The van der Waals surface area contributed by atoms with Crippen LogP contribution in [0.1, 0.15) is 0 Å². The van der Waals surface area contributed by atoms with Crippen molar-refractivity contribution in [1.29, 1.82) is 0 Å². The zero-order chi connectivity index (χ0) is 38.6. The monoisotopic (exact) mass is 785 g/mol. The highest BCUT2D eigenvalue weighted by molar-refractivity contribution is 7.27. The summed E-state index contributed by atoms with van der Waals surface area (Å²) >= 11 is 3.77. The van der Waals surface area contributed by atoms with Gasteiger partial charge >= 0.3 is 0 Å². The van der Waals surface area contributed by atoms with Crippen LogP contribution in [0.3, 0.4) is 0 Å². The van der Waals surface area contributed by atoms with Crippen molar-refractivity contribution < 1.29 is 0 Å². The summed E-state index contributed by atoms with van der Waals surface area (Å²) in [5.41, 5.74) is 8.62. The third-order valence-electron chi connectivity index (χ3n) is 12.0. The first-order valence-corrected chi connectivity index (χ1v) is 21.5. The van der Waals surface area contributed by atoms with E-state index in [1.165, 1.54) is 83.8 Å². The van der Waals surface area contributed by atoms with Gasteiger partial charge in [-0.1, -0.05) is 158 Å². The van der Waals surface area contributed by atoms with E-state index in [0.717, 1.165) is 33.5 Å². The van der Waals surface area contributed by atoms with Crippen LogP contribution in [-0.4, -0.2) is 14.5 Å². The Kier molecular flexibility index (Phi) is 7.05. The summed E-state index contributed by atoms with van der Waals surface area (Å²) in [4.78, 5) is 11.0. The van der Waals surface area contributed by atoms with Crippen LogP contribution < -0.4 is 0 Å². The molecule has 0 aliphatic rings. The van der Waals surface area contributed by atoms with E-state index in [0.29, 0.717) is 5.95 Å². The molecule has 13 aromatic rings. The Balaban J connectivity index is 1.23.